The predicted octanol–water partition coefficient (Wildman–Crippen LogP) is 3.74. The Morgan fingerprint density at radius 3 is 3.00 bits per heavy atom. The lowest BCUT2D eigenvalue weighted by atomic mass is 10.2. The molecule has 0 spiro atoms. The summed E-state index contributed by atoms with van der Waals surface area (Å²) in [5, 5.41) is 2.45. The van der Waals surface area contributed by atoms with E-state index in [0.717, 1.165) is 31.4 Å². The molecule has 0 aliphatic heterocycles. The zero-order chi connectivity index (χ0) is 10.2. The molecule has 14 heavy (non-hydrogen) atoms. The standard InChI is InChI=1S/C11H16OS2/c1-2-13-11(12)8-4-3-6-10-7-5-9-14-10/h5,7,9H,2-4,6,8H2,1H3. The molecule has 1 nitrogen and oxygen atoms in total. The Morgan fingerprint density at radius 2 is 2.36 bits per heavy atom. The fraction of sp³-hybridized carbons (Fsp3) is 0.545. The van der Waals surface area contributed by atoms with Crippen LogP contribution < -0.4 is 0 Å². The maximum atomic E-state index is 11.2. The van der Waals surface area contributed by atoms with Crippen LogP contribution in [0.25, 0.3) is 0 Å². The number of hydrogen-bond acceptors (Lipinski definition) is 3. The molecule has 3 heteroatoms. The number of unbranched alkanes of at least 4 members (excludes halogenated alkanes) is 1. The number of carbonyl (C=O) groups excluding carboxylic acids is 1. The fourth-order valence-electron chi connectivity index (χ4n) is 1.26. The summed E-state index contributed by atoms with van der Waals surface area (Å²) >= 11 is 3.24. The first-order valence-corrected chi connectivity index (χ1v) is 6.87. The lowest BCUT2D eigenvalue weighted by molar-refractivity contribution is -0.111. The highest BCUT2D eigenvalue weighted by atomic mass is 32.2. The first-order valence-electron chi connectivity index (χ1n) is 5.01. The Labute approximate surface area is 93.9 Å². The van der Waals surface area contributed by atoms with Crippen LogP contribution in [0.1, 0.15) is 31.1 Å². The van der Waals surface area contributed by atoms with E-state index >= 15 is 0 Å². The van der Waals surface area contributed by atoms with E-state index in [1.54, 1.807) is 11.3 Å². The third-order valence-electron chi connectivity index (χ3n) is 1.94. The molecule has 0 aromatic carbocycles. The van der Waals surface area contributed by atoms with Crippen LogP contribution in [0.3, 0.4) is 0 Å². The maximum Gasteiger partial charge on any atom is 0.188 e. The van der Waals surface area contributed by atoms with Gasteiger partial charge in [0.2, 0.25) is 0 Å². The lowest BCUT2D eigenvalue weighted by Gasteiger charge is -1.98. The summed E-state index contributed by atoms with van der Waals surface area (Å²) in [5.74, 6) is 0.907. The van der Waals surface area contributed by atoms with Crippen LogP contribution in [0.5, 0.6) is 0 Å². The van der Waals surface area contributed by atoms with Gasteiger partial charge in [-0.25, -0.2) is 0 Å². The van der Waals surface area contributed by atoms with Gasteiger partial charge in [0.05, 0.1) is 0 Å². The van der Waals surface area contributed by atoms with Crippen LogP contribution in [-0.2, 0) is 11.2 Å². The average Bonchev–Trinajstić information content (AvgIpc) is 2.65. The van der Waals surface area contributed by atoms with E-state index in [2.05, 4.69) is 17.5 Å². The van der Waals surface area contributed by atoms with Gasteiger partial charge in [0.15, 0.2) is 5.12 Å². The summed E-state index contributed by atoms with van der Waals surface area (Å²) in [5.41, 5.74) is 0. The molecule has 1 aromatic heterocycles. The van der Waals surface area contributed by atoms with Crippen LogP contribution in [0.4, 0.5) is 0 Å². The van der Waals surface area contributed by atoms with Gasteiger partial charge in [0, 0.05) is 11.3 Å². The minimum atomic E-state index is 0.346. The van der Waals surface area contributed by atoms with Gasteiger partial charge >= 0.3 is 0 Å². The summed E-state index contributed by atoms with van der Waals surface area (Å²) in [7, 11) is 0. The van der Waals surface area contributed by atoms with Crippen molar-refractivity contribution in [2.24, 2.45) is 0 Å². The van der Waals surface area contributed by atoms with Crippen molar-refractivity contribution < 1.29 is 4.79 Å². The van der Waals surface area contributed by atoms with E-state index in [4.69, 9.17) is 0 Å². The number of rotatable bonds is 6. The van der Waals surface area contributed by atoms with Crippen LogP contribution in [-0.4, -0.2) is 10.9 Å². The average molecular weight is 228 g/mol. The molecule has 1 heterocycles. The molecular weight excluding hydrogens is 212 g/mol. The van der Waals surface area contributed by atoms with Crippen molar-refractivity contribution in [1.29, 1.82) is 0 Å². The first-order chi connectivity index (χ1) is 6.83. The van der Waals surface area contributed by atoms with Gasteiger partial charge in [-0.3, -0.25) is 4.79 Å². The molecular formula is C11H16OS2. The summed E-state index contributed by atoms with van der Waals surface area (Å²) in [6.45, 7) is 2.02. The molecule has 0 aliphatic rings. The summed E-state index contributed by atoms with van der Waals surface area (Å²) in [6, 6.07) is 4.24. The topological polar surface area (TPSA) is 17.1 Å². The Kier molecular flexibility index (Phi) is 5.96. The zero-order valence-corrected chi connectivity index (χ0v) is 10.1. The van der Waals surface area contributed by atoms with Gasteiger partial charge in [-0.2, -0.15) is 0 Å². The first kappa shape index (κ1) is 11.8. The second-order valence-corrected chi connectivity index (χ2v) is 5.45. The Hall–Kier alpha value is -0.280. The van der Waals surface area contributed by atoms with Crippen LogP contribution in [0.15, 0.2) is 17.5 Å². The van der Waals surface area contributed by atoms with Crippen molar-refractivity contribution in [3.63, 3.8) is 0 Å². The van der Waals surface area contributed by atoms with Crippen molar-refractivity contribution in [2.75, 3.05) is 5.75 Å². The Bertz CT molecular complexity index is 254. The van der Waals surface area contributed by atoms with Crippen molar-refractivity contribution in [3.05, 3.63) is 22.4 Å². The number of aryl methyl sites for hydroxylation is 1. The normalized spacial score (nSPS) is 10.4. The zero-order valence-electron chi connectivity index (χ0n) is 8.49. The molecule has 0 aliphatic carbocycles. The van der Waals surface area contributed by atoms with E-state index < -0.39 is 0 Å². The highest BCUT2D eigenvalue weighted by Gasteiger charge is 2.00. The number of carbonyl (C=O) groups is 1. The molecule has 1 aromatic rings. The largest absolute Gasteiger partial charge is 0.287 e. The molecule has 0 bridgehead atoms. The van der Waals surface area contributed by atoms with Crippen molar-refractivity contribution >= 4 is 28.2 Å². The Balaban J connectivity index is 2.02. The van der Waals surface area contributed by atoms with E-state index in [1.807, 2.05) is 6.92 Å². The molecule has 0 atom stereocenters. The Morgan fingerprint density at radius 1 is 1.50 bits per heavy atom. The number of hydrogen-bond donors (Lipinski definition) is 0. The second kappa shape index (κ2) is 7.07. The fourth-order valence-corrected chi connectivity index (χ4v) is 2.62. The van der Waals surface area contributed by atoms with Crippen LogP contribution in [0.2, 0.25) is 0 Å². The molecule has 0 unspecified atom stereocenters. The van der Waals surface area contributed by atoms with Gasteiger partial charge in [0.25, 0.3) is 0 Å². The predicted molar refractivity (Wildman–Crippen MR) is 65.0 cm³/mol. The second-order valence-electron chi connectivity index (χ2n) is 3.09. The lowest BCUT2D eigenvalue weighted by Crippen LogP contribution is -1.92. The third kappa shape index (κ3) is 4.82. The van der Waals surface area contributed by atoms with E-state index in [0.29, 0.717) is 5.12 Å². The monoisotopic (exact) mass is 228 g/mol. The van der Waals surface area contributed by atoms with Gasteiger partial charge in [-0.05, 0) is 36.5 Å². The highest BCUT2D eigenvalue weighted by molar-refractivity contribution is 8.13. The van der Waals surface area contributed by atoms with Crippen molar-refractivity contribution in [3.8, 4) is 0 Å². The molecule has 0 saturated heterocycles. The molecule has 78 valence electrons. The van der Waals surface area contributed by atoms with Crippen molar-refractivity contribution in [1.82, 2.24) is 0 Å². The number of thioether (sulfide) groups is 1. The SMILES string of the molecule is CCSC(=O)CCCCc1cccs1. The summed E-state index contributed by atoms with van der Waals surface area (Å²) < 4.78 is 0. The van der Waals surface area contributed by atoms with Gasteiger partial charge < -0.3 is 0 Å². The molecule has 0 amide bonds. The third-order valence-corrected chi connectivity index (χ3v) is 3.69. The molecule has 1 rings (SSSR count). The minimum absolute atomic E-state index is 0.346. The van der Waals surface area contributed by atoms with Crippen LogP contribution >= 0.6 is 23.1 Å². The highest BCUT2D eigenvalue weighted by Crippen LogP contribution is 2.14. The van der Waals surface area contributed by atoms with Crippen molar-refractivity contribution in [2.45, 2.75) is 32.6 Å². The molecule has 0 radical (unpaired) electrons. The molecule has 0 saturated carbocycles. The molecule has 0 N–H and O–H groups in total. The number of thiophene rings is 1. The van der Waals surface area contributed by atoms with E-state index in [-0.39, 0.29) is 0 Å². The minimum Gasteiger partial charge on any atom is -0.287 e. The van der Waals surface area contributed by atoms with Gasteiger partial charge in [-0.15, -0.1) is 11.3 Å². The maximum absolute atomic E-state index is 11.2. The van der Waals surface area contributed by atoms with Gasteiger partial charge in [0.1, 0.15) is 0 Å². The summed E-state index contributed by atoms with van der Waals surface area (Å²) in [6.07, 6.45) is 4.03. The van der Waals surface area contributed by atoms with E-state index in [1.165, 1.54) is 16.6 Å². The quantitative estimate of drug-likeness (QED) is 0.690. The van der Waals surface area contributed by atoms with Gasteiger partial charge in [-0.1, -0.05) is 24.8 Å². The summed E-state index contributed by atoms with van der Waals surface area (Å²) in [4.78, 5) is 12.6. The molecule has 0 fully saturated rings. The smallest absolute Gasteiger partial charge is 0.188 e. The van der Waals surface area contributed by atoms with E-state index in [9.17, 15) is 4.79 Å². The van der Waals surface area contributed by atoms with Crippen LogP contribution in [0, 0.1) is 0 Å².